The van der Waals surface area contributed by atoms with Crippen LogP contribution in [0.2, 0.25) is 0 Å². The van der Waals surface area contributed by atoms with E-state index in [0.717, 1.165) is 4.86 Å². The Labute approximate surface area is 54.1 Å². The summed E-state index contributed by atoms with van der Waals surface area (Å²) in [5.74, 6) is 1.36. The van der Waals surface area contributed by atoms with Gasteiger partial charge in [-0.15, -0.1) is 0 Å². The van der Waals surface area contributed by atoms with Crippen molar-refractivity contribution in [2.24, 2.45) is 0 Å². The molecule has 0 radical (unpaired) electrons. The summed E-state index contributed by atoms with van der Waals surface area (Å²) >= 11 is 12.5. The fourth-order valence-electron chi connectivity index (χ4n) is 0.0500. The minimum Gasteiger partial charge on any atom is -0.174 e. The van der Waals surface area contributed by atoms with Crippen molar-refractivity contribution in [3.8, 4) is 0 Å². The van der Waals surface area contributed by atoms with Gasteiger partial charge in [-0.25, -0.2) is 0 Å². The van der Waals surface area contributed by atoms with Crippen molar-refractivity contribution in [3.63, 3.8) is 0 Å². The van der Waals surface area contributed by atoms with E-state index in [9.17, 15) is 0 Å². The SMILES string of the molecule is S=C(CS)CS. The van der Waals surface area contributed by atoms with Crippen molar-refractivity contribution >= 4 is 42.3 Å². The van der Waals surface area contributed by atoms with Crippen molar-refractivity contribution in [2.45, 2.75) is 0 Å². The van der Waals surface area contributed by atoms with Gasteiger partial charge in [0, 0.05) is 16.4 Å². The van der Waals surface area contributed by atoms with Crippen LogP contribution in [0.1, 0.15) is 0 Å². The van der Waals surface area contributed by atoms with Crippen LogP contribution in [0, 0.1) is 0 Å². The Balaban J connectivity index is 2.99. The quantitative estimate of drug-likeness (QED) is 0.427. The van der Waals surface area contributed by atoms with Crippen molar-refractivity contribution in [3.05, 3.63) is 0 Å². The van der Waals surface area contributed by atoms with E-state index in [4.69, 9.17) is 12.2 Å². The predicted octanol–water partition coefficient (Wildman–Crippen LogP) is 1.22. The van der Waals surface area contributed by atoms with Crippen LogP contribution < -0.4 is 0 Å². The first-order chi connectivity index (χ1) is 2.81. The lowest BCUT2D eigenvalue weighted by molar-refractivity contribution is 1.91. The Morgan fingerprint density at radius 1 is 1.33 bits per heavy atom. The van der Waals surface area contributed by atoms with Crippen molar-refractivity contribution in [1.82, 2.24) is 0 Å². The molecular formula is C3H6S3. The van der Waals surface area contributed by atoms with Gasteiger partial charge in [0.15, 0.2) is 0 Å². The van der Waals surface area contributed by atoms with E-state index in [1.165, 1.54) is 0 Å². The molecule has 0 saturated carbocycles. The van der Waals surface area contributed by atoms with E-state index >= 15 is 0 Å². The monoisotopic (exact) mass is 138 g/mol. The van der Waals surface area contributed by atoms with Gasteiger partial charge in [-0.1, -0.05) is 12.2 Å². The largest absolute Gasteiger partial charge is 0.174 e. The smallest absolute Gasteiger partial charge is 0.0226 e. The Morgan fingerprint density at radius 3 is 1.67 bits per heavy atom. The highest BCUT2D eigenvalue weighted by Gasteiger charge is 1.82. The van der Waals surface area contributed by atoms with Crippen LogP contribution in [0.25, 0.3) is 0 Å². The standard InChI is InChI=1S/C3H6S3/c4-1-3(6)2-5/h4-5H,1-2H2. The van der Waals surface area contributed by atoms with Crippen molar-refractivity contribution in [2.75, 3.05) is 11.5 Å². The predicted molar refractivity (Wildman–Crippen MR) is 40.3 cm³/mol. The fraction of sp³-hybridized carbons (Fsp3) is 0.667. The van der Waals surface area contributed by atoms with E-state index in [1.54, 1.807) is 0 Å². The summed E-state index contributed by atoms with van der Waals surface area (Å²) in [4.78, 5) is 0.904. The summed E-state index contributed by atoms with van der Waals surface area (Å²) in [6.07, 6.45) is 0. The second kappa shape index (κ2) is 3.96. The molecule has 0 nitrogen and oxygen atoms in total. The Kier molecular flexibility index (Phi) is 4.48. The number of hydrogen-bond donors (Lipinski definition) is 2. The van der Waals surface area contributed by atoms with Gasteiger partial charge in [-0.3, -0.25) is 0 Å². The second-order valence-electron chi connectivity index (χ2n) is 0.855. The van der Waals surface area contributed by atoms with Gasteiger partial charge in [-0.05, 0) is 0 Å². The minimum atomic E-state index is 0.679. The second-order valence-corrected chi connectivity index (χ2v) is 2.06. The third-order valence-electron chi connectivity index (χ3n) is 0.353. The van der Waals surface area contributed by atoms with Crippen LogP contribution in [0.3, 0.4) is 0 Å². The lowest BCUT2D eigenvalue weighted by atomic mass is 10.6. The van der Waals surface area contributed by atoms with E-state index in [-0.39, 0.29) is 0 Å². The molecule has 0 aromatic heterocycles. The maximum absolute atomic E-state index is 4.70. The Morgan fingerprint density at radius 2 is 1.67 bits per heavy atom. The van der Waals surface area contributed by atoms with Crippen molar-refractivity contribution in [1.29, 1.82) is 0 Å². The lowest BCUT2D eigenvalue weighted by Gasteiger charge is -1.85. The van der Waals surface area contributed by atoms with Gasteiger partial charge in [0.1, 0.15) is 0 Å². The first-order valence-corrected chi connectivity index (χ1v) is 3.22. The molecule has 0 fully saturated rings. The van der Waals surface area contributed by atoms with Gasteiger partial charge < -0.3 is 0 Å². The summed E-state index contributed by atoms with van der Waals surface area (Å²) in [5, 5.41) is 0. The number of rotatable bonds is 2. The van der Waals surface area contributed by atoms with E-state index in [0.29, 0.717) is 11.5 Å². The maximum atomic E-state index is 4.70. The van der Waals surface area contributed by atoms with Crippen LogP contribution in [0.15, 0.2) is 0 Å². The van der Waals surface area contributed by atoms with Gasteiger partial charge in [0.25, 0.3) is 0 Å². The number of thiol groups is 2. The van der Waals surface area contributed by atoms with Gasteiger partial charge in [0.2, 0.25) is 0 Å². The topological polar surface area (TPSA) is 0 Å². The molecule has 0 aliphatic heterocycles. The lowest BCUT2D eigenvalue weighted by Crippen LogP contribution is -1.94. The van der Waals surface area contributed by atoms with Crippen molar-refractivity contribution < 1.29 is 0 Å². The van der Waals surface area contributed by atoms with Crippen LogP contribution in [-0.2, 0) is 0 Å². The van der Waals surface area contributed by atoms with Crippen LogP contribution in [0.4, 0.5) is 0 Å². The van der Waals surface area contributed by atoms with E-state index in [1.807, 2.05) is 0 Å². The minimum absolute atomic E-state index is 0.679. The summed E-state index contributed by atoms with van der Waals surface area (Å²) in [5.41, 5.74) is 0. The Hall–Kier alpha value is 0.790. The molecule has 0 heterocycles. The molecule has 0 saturated heterocycles. The van der Waals surface area contributed by atoms with Crippen LogP contribution in [-0.4, -0.2) is 16.4 Å². The number of hydrogen-bond acceptors (Lipinski definition) is 3. The molecule has 0 N–H and O–H groups in total. The summed E-state index contributed by atoms with van der Waals surface area (Å²) < 4.78 is 0. The average molecular weight is 138 g/mol. The first-order valence-electron chi connectivity index (χ1n) is 1.54. The number of thiocarbonyl (C=S) groups is 1. The summed E-state index contributed by atoms with van der Waals surface area (Å²) in [6, 6.07) is 0. The fourth-order valence-corrected chi connectivity index (χ4v) is 0.450. The molecule has 0 bridgehead atoms. The van der Waals surface area contributed by atoms with E-state index in [2.05, 4.69) is 25.3 Å². The zero-order valence-electron chi connectivity index (χ0n) is 3.22. The van der Waals surface area contributed by atoms with Gasteiger partial charge >= 0.3 is 0 Å². The summed E-state index contributed by atoms with van der Waals surface area (Å²) in [7, 11) is 0. The normalized spacial score (nSPS) is 8.33. The molecule has 0 unspecified atom stereocenters. The molecule has 0 aliphatic rings. The third-order valence-corrected chi connectivity index (χ3v) is 1.83. The molecule has 0 rings (SSSR count). The molecule has 0 aromatic rings. The highest BCUT2D eigenvalue weighted by atomic mass is 32.1. The molecular weight excluding hydrogens is 132 g/mol. The maximum Gasteiger partial charge on any atom is 0.0226 e. The average Bonchev–Trinajstić information content (AvgIpc) is 1.65. The Bertz CT molecular complexity index is 44.0. The zero-order chi connectivity index (χ0) is 4.99. The van der Waals surface area contributed by atoms with E-state index < -0.39 is 0 Å². The molecule has 3 heteroatoms. The highest BCUT2D eigenvalue weighted by Crippen LogP contribution is 1.83. The summed E-state index contributed by atoms with van der Waals surface area (Å²) in [6.45, 7) is 0. The van der Waals surface area contributed by atoms with Gasteiger partial charge in [-0.2, -0.15) is 25.3 Å². The molecule has 0 amide bonds. The van der Waals surface area contributed by atoms with Crippen LogP contribution >= 0.6 is 37.5 Å². The molecule has 36 valence electrons. The van der Waals surface area contributed by atoms with Gasteiger partial charge in [0.05, 0.1) is 0 Å². The highest BCUT2D eigenvalue weighted by molar-refractivity contribution is 7.89. The zero-order valence-corrected chi connectivity index (χ0v) is 5.82. The first kappa shape index (κ1) is 6.79. The molecule has 0 aromatic carbocycles. The molecule has 0 spiro atoms. The van der Waals surface area contributed by atoms with Crippen LogP contribution in [0.5, 0.6) is 0 Å². The molecule has 0 aliphatic carbocycles. The third kappa shape index (κ3) is 3.00. The molecule has 0 atom stereocenters. The molecule has 6 heavy (non-hydrogen) atoms.